The first-order valence-corrected chi connectivity index (χ1v) is 7.98. The van der Waals surface area contributed by atoms with Crippen molar-refractivity contribution in [2.24, 2.45) is 7.05 Å². The number of aliphatic hydroxyl groups excluding tert-OH is 1. The predicted octanol–water partition coefficient (Wildman–Crippen LogP) is 0.985. The van der Waals surface area contributed by atoms with Gasteiger partial charge in [0.1, 0.15) is 17.7 Å². The summed E-state index contributed by atoms with van der Waals surface area (Å²) in [6.07, 6.45) is 4.19. The topological polar surface area (TPSA) is 95.8 Å². The Hall–Kier alpha value is -3.18. The van der Waals surface area contributed by atoms with Crippen LogP contribution in [0.2, 0.25) is 0 Å². The maximum absolute atomic E-state index is 10.5. The van der Waals surface area contributed by atoms with Gasteiger partial charge in [-0.2, -0.15) is 10.4 Å². The van der Waals surface area contributed by atoms with Crippen LogP contribution in [0.15, 0.2) is 36.8 Å². The van der Waals surface area contributed by atoms with Crippen LogP contribution in [-0.2, 0) is 20.1 Å². The van der Waals surface area contributed by atoms with Crippen molar-refractivity contribution in [1.29, 1.82) is 5.26 Å². The van der Waals surface area contributed by atoms with E-state index in [0.717, 1.165) is 18.1 Å². The molecule has 0 amide bonds. The molecule has 25 heavy (non-hydrogen) atoms. The van der Waals surface area contributed by atoms with Gasteiger partial charge in [0.2, 0.25) is 0 Å². The molecule has 0 bridgehead atoms. The number of rotatable bonds is 3. The number of fused-ring (bicyclic) bond motifs is 1. The lowest BCUT2D eigenvalue weighted by Gasteiger charge is -2.28. The molecule has 1 aliphatic rings. The lowest BCUT2D eigenvalue weighted by molar-refractivity contribution is 0.200. The third-order valence-electron chi connectivity index (χ3n) is 4.40. The van der Waals surface area contributed by atoms with Crippen LogP contribution in [0.4, 0.5) is 5.82 Å². The Morgan fingerprint density at radius 3 is 2.84 bits per heavy atom. The molecule has 4 heterocycles. The average molecular weight is 335 g/mol. The number of nitriles is 1. The van der Waals surface area contributed by atoms with Crippen LogP contribution in [0.1, 0.15) is 28.9 Å². The monoisotopic (exact) mass is 335 g/mol. The summed E-state index contributed by atoms with van der Waals surface area (Å²) in [5.41, 5.74) is 2.16. The van der Waals surface area contributed by atoms with Crippen LogP contribution >= 0.6 is 0 Å². The molecule has 0 radical (unpaired) electrons. The zero-order chi connectivity index (χ0) is 17.4. The Morgan fingerprint density at radius 2 is 2.16 bits per heavy atom. The van der Waals surface area contributed by atoms with E-state index in [1.807, 2.05) is 23.9 Å². The smallest absolute Gasteiger partial charge is 0.155 e. The molecule has 126 valence electrons. The molecule has 1 atom stereocenters. The molecule has 1 unspecified atom stereocenters. The van der Waals surface area contributed by atoms with Gasteiger partial charge in [-0.25, -0.2) is 9.97 Å². The molecule has 8 nitrogen and oxygen atoms in total. The van der Waals surface area contributed by atoms with Crippen LogP contribution in [-0.4, -0.2) is 36.0 Å². The summed E-state index contributed by atoms with van der Waals surface area (Å²) in [6.45, 7) is 2.13. The molecule has 3 aromatic rings. The van der Waals surface area contributed by atoms with E-state index in [2.05, 4.69) is 26.0 Å². The van der Waals surface area contributed by atoms with Crippen molar-refractivity contribution in [3.05, 3.63) is 59.6 Å². The van der Waals surface area contributed by atoms with Gasteiger partial charge in [0, 0.05) is 32.2 Å². The van der Waals surface area contributed by atoms with E-state index >= 15 is 0 Å². The Kier molecular flexibility index (Phi) is 3.71. The number of nitrogens with zero attached hydrogens (tertiary/aromatic N) is 7. The number of hydrogen-bond acceptors (Lipinski definition) is 6. The third kappa shape index (κ3) is 2.75. The largest absolute Gasteiger partial charge is 0.379 e. The van der Waals surface area contributed by atoms with E-state index in [9.17, 15) is 5.11 Å². The molecule has 1 aliphatic heterocycles. The Balaban J connectivity index is 1.56. The fourth-order valence-electron chi connectivity index (χ4n) is 3.03. The van der Waals surface area contributed by atoms with Gasteiger partial charge < -0.3 is 14.6 Å². The summed E-state index contributed by atoms with van der Waals surface area (Å²) in [6, 6.07) is 7.61. The minimum Gasteiger partial charge on any atom is -0.379 e. The molecule has 0 saturated carbocycles. The number of imidazole rings is 1. The molecule has 4 rings (SSSR count). The van der Waals surface area contributed by atoms with Gasteiger partial charge in [-0.1, -0.05) is 0 Å². The quantitative estimate of drug-likeness (QED) is 0.767. The van der Waals surface area contributed by atoms with Crippen LogP contribution in [0, 0.1) is 11.3 Å². The number of aliphatic hydroxyl groups is 1. The summed E-state index contributed by atoms with van der Waals surface area (Å²) < 4.78 is 3.71. The first-order valence-electron chi connectivity index (χ1n) is 7.98. The SMILES string of the molecule is Cn1ccnc1C(O)c1cc2n(n1)CCN(c1ccc(C#N)cn1)C2. The van der Waals surface area contributed by atoms with Gasteiger partial charge in [-0.15, -0.1) is 0 Å². The molecule has 3 aromatic heterocycles. The third-order valence-corrected chi connectivity index (χ3v) is 4.40. The van der Waals surface area contributed by atoms with Gasteiger partial charge in [-0.3, -0.25) is 4.68 Å². The molecule has 0 fully saturated rings. The fraction of sp³-hybridized carbons (Fsp3) is 0.294. The van der Waals surface area contributed by atoms with E-state index in [4.69, 9.17) is 5.26 Å². The summed E-state index contributed by atoms with van der Waals surface area (Å²) in [4.78, 5) is 10.7. The highest BCUT2D eigenvalue weighted by Gasteiger charge is 2.24. The standard InChI is InChI=1S/C17H17N7O/c1-22-5-4-19-17(22)16(25)14-8-13-11-23(6-7-24(13)21-14)15-3-2-12(9-18)10-20-15/h2-5,8,10,16,25H,6-7,11H2,1H3. The number of aryl methyl sites for hydroxylation is 1. The fourth-order valence-corrected chi connectivity index (χ4v) is 3.03. The predicted molar refractivity (Wildman–Crippen MR) is 89.5 cm³/mol. The van der Waals surface area contributed by atoms with Crippen molar-refractivity contribution in [3.8, 4) is 6.07 Å². The van der Waals surface area contributed by atoms with E-state index in [1.54, 1.807) is 29.2 Å². The van der Waals surface area contributed by atoms with Gasteiger partial charge in [0.15, 0.2) is 6.10 Å². The number of anilines is 1. The Morgan fingerprint density at radius 1 is 1.28 bits per heavy atom. The van der Waals surface area contributed by atoms with E-state index in [1.165, 1.54) is 0 Å². The van der Waals surface area contributed by atoms with Crippen LogP contribution in [0.3, 0.4) is 0 Å². The average Bonchev–Trinajstić information content (AvgIpc) is 3.26. The van der Waals surface area contributed by atoms with Crippen molar-refractivity contribution in [2.75, 3.05) is 11.4 Å². The minimum atomic E-state index is -0.848. The highest BCUT2D eigenvalue weighted by Crippen LogP contribution is 2.24. The van der Waals surface area contributed by atoms with Crippen LogP contribution in [0.5, 0.6) is 0 Å². The zero-order valence-corrected chi connectivity index (χ0v) is 13.7. The van der Waals surface area contributed by atoms with Crippen LogP contribution < -0.4 is 4.90 Å². The summed E-state index contributed by atoms with van der Waals surface area (Å²) in [5, 5.41) is 23.9. The van der Waals surface area contributed by atoms with Crippen molar-refractivity contribution in [2.45, 2.75) is 19.2 Å². The minimum absolute atomic E-state index is 0.547. The second-order valence-electron chi connectivity index (χ2n) is 6.02. The molecule has 0 saturated heterocycles. The van der Waals surface area contributed by atoms with Crippen molar-refractivity contribution in [1.82, 2.24) is 24.3 Å². The second kappa shape index (κ2) is 6.03. The van der Waals surface area contributed by atoms with E-state index < -0.39 is 6.10 Å². The van der Waals surface area contributed by atoms with Gasteiger partial charge in [0.25, 0.3) is 0 Å². The summed E-state index contributed by atoms with van der Waals surface area (Å²) in [5.74, 6) is 1.40. The first-order chi connectivity index (χ1) is 12.2. The maximum Gasteiger partial charge on any atom is 0.155 e. The first kappa shape index (κ1) is 15.4. The summed E-state index contributed by atoms with van der Waals surface area (Å²) in [7, 11) is 1.85. The number of pyridine rings is 1. The molecule has 1 N–H and O–H groups in total. The molecule has 0 spiro atoms. The van der Waals surface area contributed by atoms with Crippen molar-refractivity contribution < 1.29 is 5.11 Å². The number of hydrogen-bond donors (Lipinski definition) is 1. The van der Waals surface area contributed by atoms with Crippen molar-refractivity contribution in [3.63, 3.8) is 0 Å². The molecule has 0 aromatic carbocycles. The second-order valence-corrected chi connectivity index (χ2v) is 6.02. The zero-order valence-electron chi connectivity index (χ0n) is 13.7. The highest BCUT2D eigenvalue weighted by molar-refractivity contribution is 5.43. The number of aromatic nitrogens is 5. The normalized spacial score (nSPS) is 14.8. The molecule has 0 aliphatic carbocycles. The van der Waals surface area contributed by atoms with Gasteiger partial charge in [-0.05, 0) is 18.2 Å². The lowest BCUT2D eigenvalue weighted by Crippen LogP contribution is -2.34. The van der Waals surface area contributed by atoms with Gasteiger partial charge >= 0.3 is 0 Å². The molecular formula is C17H17N7O. The van der Waals surface area contributed by atoms with E-state index in [-0.39, 0.29) is 0 Å². The lowest BCUT2D eigenvalue weighted by atomic mass is 10.2. The Labute approximate surface area is 144 Å². The van der Waals surface area contributed by atoms with E-state index in [0.29, 0.717) is 30.2 Å². The van der Waals surface area contributed by atoms with Gasteiger partial charge in [0.05, 0.1) is 30.0 Å². The Bertz CT molecular complexity index is 935. The molecule has 8 heteroatoms. The van der Waals surface area contributed by atoms with Crippen molar-refractivity contribution >= 4 is 5.82 Å². The van der Waals surface area contributed by atoms with Crippen LogP contribution in [0.25, 0.3) is 0 Å². The molecular weight excluding hydrogens is 318 g/mol. The summed E-state index contributed by atoms with van der Waals surface area (Å²) >= 11 is 0. The highest BCUT2D eigenvalue weighted by atomic mass is 16.3. The maximum atomic E-state index is 10.5.